The number of carboxylic acids is 1. The van der Waals surface area contributed by atoms with E-state index in [1.54, 1.807) is 43.0 Å². The van der Waals surface area contributed by atoms with Crippen LogP contribution in [0.15, 0.2) is 54.9 Å². The van der Waals surface area contributed by atoms with Gasteiger partial charge in [0.25, 0.3) is 0 Å². The fraction of sp³-hybridized carbons (Fsp3) is 0.405. The molecule has 2 N–H and O–H groups in total. The summed E-state index contributed by atoms with van der Waals surface area (Å²) < 4.78 is 59.9. The quantitative estimate of drug-likeness (QED) is 0.213. The summed E-state index contributed by atoms with van der Waals surface area (Å²) >= 11 is 0. The molecule has 9 nitrogen and oxygen atoms in total. The molecule has 4 bridgehead atoms. The maximum atomic E-state index is 15.8. The lowest BCUT2D eigenvalue weighted by Crippen LogP contribution is -2.27. The number of carbonyl (C=O) groups is 1. The highest BCUT2D eigenvalue weighted by Gasteiger charge is 2.30. The number of aromatic amines is 1. The standard InChI is InChI=1S/C37H41F2N5O4S/c1-22(36(45)46)17-23-7-5-8-25(18-23)26-9-6-13-37(2,3)21-49(47,48)16-12-27-28-11-15-41-33(28)32(39)31(38)29(27)19-24-10-14-40-30(20-24)35-42-34(26)43-44(35)4/h5,7-8,10-11,14-15,18,20,22,26,41H,6,9,12-13,16-17,19,21H2,1-4H3,(H,45,46)/t22-,26?/m0/s1. The first-order valence-corrected chi connectivity index (χ1v) is 18.4. The third-order valence-electron chi connectivity index (χ3n) is 9.58. The number of hydrogen-bond donors (Lipinski definition) is 2. The lowest BCUT2D eigenvalue weighted by Gasteiger charge is -2.26. The lowest BCUT2D eigenvalue weighted by atomic mass is 9.85. The van der Waals surface area contributed by atoms with Gasteiger partial charge in [-0.25, -0.2) is 26.9 Å². The van der Waals surface area contributed by atoms with Gasteiger partial charge in [0, 0.05) is 37.2 Å². The van der Waals surface area contributed by atoms with Crippen molar-refractivity contribution in [3.8, 4) is 11.5 Å². The number of fused-ring (bicyclic) bond motifs is 8. The maximum Gasteiger partial charge on any atom is 0.306 e. The van der Waals surface area contributed by atoms with Crippen LogP contribution >= 0.6 is 0 Å². The molecule has 0 saturated heterocycles. The molecule has 0 aliphatic carbocycles. The van der Waals surface area contributed by atoms with Gasteiger partial charge in [0.1, 0.15) is 5.69 Å². The summed E-state index contributed by atoms with van der Waals surface area (Å²) in [6, 6.07) is 13.0. The number of aromatic nitrogens is 5. The van der Waals surface area contributed by atoms with Crippen molar-refractivity contribution in [1.29, 1.82) is 0 Å². The molecule has 2 aromatic carbocycles. The van der Waals surface area contributed by atoms with Crippen LogP contribution in [0.5, 0.6) is 0 Å². The van der Waals surface area contributed by atoms with Crippen LogP contribution in [-0.4, -0.2) is 55.7 Å². The second kappa shape index (κ2) is 13.5. The molecule has 1 aliphatic heterocycles. The molecule has 0 amide bonds. The second-order valence-corrected chi connectivity index (χ2v) is 16.3. The Morgan fingerprint density at radius 1 is 1.14 bits per heavy atom. The van der Waals surface area contributed by atoms with Crippen molar-refractivity contribution in [3.63, 3.8) is 0 Å². The van der Waals surface area contributed by atoms with E-state index in [0.29, 0.717) is 59.5 Å². The van der Waals surface area contributed by atoms with Crippen molar-refractivity contribution in [3.05, 3.63) is 100 Å². The molecule has 2 atom stereocenters. The minimum atomic E-state index is -3.58. The van der Waals surface area contributed by atoms with Gasteiger partial charge in [-0.2, -0.15) is 5.10 Å². The van der Waals surface area contributed by atoms with E-state index in [9.17, 15) is 18.3 Å². The van der Waals surface area contributed by atoms with Gasteiger partial charge in [-0.15, -0.1) is 0 Å². The molecule has 1 unspecified atom stereocenters. The number of carboxylic acid groups (broad SMARTS) is 1. The average Bonchev–Trinajstić information content (AvgIpc) is 3.68. The smallest absolute Gasteiger partial charge is 0.306 e. The van der Waals surface area contributed by atoms with Crippen molar-refractivity contribution in [2.75, 3.05) is 11.5 Å². The Morgan fingerprint density at radius 3 is 2.71 bits per heavy atom. The van der Waals surface area contributed by atoms with Crippen LogP contribution in [0.2, 0.25) is 0 Å². The Bertz CT molecular complexity index is 2140. The van der Waals surface area contributed by atoms with Crippen molar-refractivity contribution in [2.24, 2.45) is 18.4 Å². The van der Waals surface area contributed by atoms with E-state index in [2.05, 4.69) is 9.97 Å². The highest BCUT2D eigenvalue weighted by molar-refractivity contribution is 7.91. The van der Waals surface area contributed by atoms with Gasteiger partial charge in [0.15, 0.2) is 33.1 Å². The van der Waals surface area contributed by atoms with Crippen LogP contribution in [0.3, 0.4) is 0 Å². The van der Waals surface area contributed by atoms with Crippen LogP contribution in [0.25, 0.3) is 22.4 Å². The molecule has 0 radical (unpaired) electrons. The summed E-state index contributed by atoms with van der Waals surface area (Å²) in [6.45, 7) is 5.56. The van der Waals surface area contributed by atoms with Crippen molar-refractivity contribution < 1.29 is 27.1 Å². The monoisotopic (exact) mass is 689 g/mol. The summed E-state index contributed by atoms with van der Waals surface area (Å²) in [4.78, 5) is 23.8. The molecule has 0 spiro atoms. The fourth-order valence-electron chi connectivity index (χ4n) is 7.10. The predicted molar refractivity (Wildman–Crippen MR) is 184 cm³/mol. The first kappa shape index (κ1) is 34.4. The zero-order valence-electron chi connectivity index (χ0n) is 28.1. The minimum Gasteiger partial charge on any atom is -0.481 e. The second-order valence-electron chi connectivity index (χ2n) is 14.1. The van der Waals surface area contributed by atoms with Crippen molar-refractivity contribution in [2.45, 2.75) is 65.2 Å². The highest BCUT2D eigenvalue weighted by Crippen LogP contribution is 2.35. The van der Waals surface area contributed by atoms with Gasteiger partial charge in [-0.05, 0) is 77.1 Å². The summed E-state index contributed by atoms with van der Waals surface area (Å²) in [6.07, 6.45) is 5.51. The SMILES string of the molecule is C[C@@H](Cc1cccc(C2CCCC(C)(C)CS(=O)(=O)CCc3c(c(F)c(F)c4[nH]ccc34)Cc3ccnc(c3)-c3nc2nn3C)c1)C(=O)O. The average molecular weight is 690 g/mol. The Hall–Kier alpha value is -4.45. The number of aryl methyl sites for hydroxylation is 2. The zero-order valence-corrected chi connectivity index (χ0v) is 28.9. The maximum absolute atomic E-state index is 15.8. The number of nitrogens with one attached hydrogen (secondary N) is 1. The van der Waals surface area contributed by atoms with E-state index in [-0.39, 0.29) is 41.3 Å². The first-order chi connectivity index (χ1) is 23.2. The molecule has 0 saturated carbocycles. The van der Waals surface area contributed by atoms with E-state index in [1.807, 2.05) is 38.1 Å². The van der Waals surface area contributed by atoms with Crippen LogP contribution in [0.1, 0.15) is 79.6 Å². The van der Waals surface area contributed by atoms with E-state index in [4.69, 9.17) is 10.1 Å². The van der Waals surface area contributed by atoms with Crippen LogP contribution in [-0.2, 0) is 40.9 Å². The van der Waals surface area contributed by atoms with Crippen LogP contribution in [0, 0.1) is 23.0 Å². The summed E-state index contributed by atoms with van der Waals surface area (Å²) in [5, 5.41) is 14.8. The van der Waals surface area contributed by atoms with E-state index >= 15 is 8.78 Å². The Morgan fingerprint density at radius 2 is 1.94 bits per heavy atom. The number of benzene rings is 2. The number of nitrogens with zero attached hydrogens (tertiary/aromatic N) is 4. The molecular formula is C37H41F2N5O4S. The normalized spacial score (nSPS) is 18.7. The molecule has 1 aliphatic rings. The van der Waals surface area contributed by atoms with Gasteiger partial charge in [-0.3, -0.25) is 9.78 Å². The highest BCUT2D eigenvalue weighted by atomic mass is 32.2. The van der Waals surface area contributed by atoms with E-state index in [0.717, 1.165) is 11.1 Å². The predicted octanol–water partition coefficient (Wildman–Crippen LogP) is 6.79. The van der Waals surface area contributed by atoms with Gasteiger partial charge < -0.3 is 10.1 Å². The number of rotatable bonds is 4. The van der Waals surface area contributed by atoms with Crippen LogP contribution in [0.4, 0.5) is 8.78 Å². The molecular weight excluding hydrogens is 649 g/mol. The number of pyridine rings is 1. The zero-order chi connectivity index (χ0) is 35.1. The molecule has 12 heteroatoms. The number of aliphatic carboxylic acids is 1. The first-order valence-electron chi connectivity index (χ1n) is 16.6. The number of H-pyrrole nitrogens is 1. The molecule has 49 heavy (non-hydrogen) atoms. The minimum absolute atomic E-state index is 0.0228. The Balaban J connectivity index is 1.46. The Kier molecular flexibility index (Phi) is 9.45. The largest absolute Gasteiger partial charge is 0.481 e. The van der Waals surface area contributed by atoms with Crippen LogP contribution < -0.4 is 0 Å². The molecule has 6 rings (SSSR count). The van der Waals surface area contributed by atoms with E-state index in [1.165, 1.54) is 6.20 Å². The van der Waals surface area contributed by atoms with E-state index < -0.39 is 38.8 Å². The third-order valence-corrected chi connectivity index (χ3v) is 11.6. The summed E-state index contributed by atoms with van der Waals surface area (Å²) in [5.41, 5.74) is 3.06. The van der Waals surface area contributed by atoms with Gasteiger partial charge in [-0.1, -0.05) is 51.5 Å². The van der Waals surface area contributed by atoms with Crippen molar-refractivity contribution >= 4 is 26.7 Å². The molecule has 3 aromatic heterocycles. The number of hydrogen-bond acceptors (Lipinski definition) is 6. The van der Waals surface area contributed by atoms with Gasteiger partial charge in [0.05, 0.1) is 22.9 Å². The molecule has 5 aromatic rings. The molecule has 0 fully saturated rings. The topological polar surface area (TPSA) is 131 Å². The number of sulfone groups is 1. The van der Waals surface area contributed by atoms with Crippen molar-refractivity contribution in [1.82, 2.24) is 24.7 Å². The van der Waals surface area contributed by atoms with Gasteiger partial charge in [0.2, 0.25) is 0 Å². The Labute approximate surface area is 284 Å². The molecule has 4 heterocycles. The molecule has 258 valence electrons. The summed E-state index contributed by atoms with van der Waals surface area (Å²) in [7, 11) is -1.80. The number of halogens is 2. The summed E-state index contributed by atoms with van der Waals surface area (Å²) in [5.74, 6) is -2.83. The fourth-order valence-corrected chi connectivity index (χ4v) is 9.09. The third kappa shape index (κ3) is 7.44. The lowest BCUT2D eigenvalue weighted by molar-refractivity contribution is -0.141. The van der Waals surface area contributed by atoms with Gasteiger partial charge >= 0.3 is 5.97 Å².